The maximum absolute atomic E-state index is 13.0. The van der Waals surface area contributed by atoms with E-state index in [-0.39, 0.29) is 22.8 Å². The number of ether oxygens (including phenoxy) is 1. The zero-order chi connectivity index (χ0) is 12.1. The van der Waals surface area contributed by atoms with Crippen molar-refractivity contribution in [3.05, 3.63) is 29.6 Å². The van der Waals surface area contributed by atoms with Crippen LogP contribution in [0.2, 0.25) is 0 Å². The van der Waals surface area contributed by atoms with E-state index in [1.165, 1.54) is 19.2 Å². The van der Waals surface area contributed by atoms with Gasteiger partial charge >= 0.3 is 0 Å². The van der Waals surface area contributed by atoms with E-state index in [9.17, 15) is 9.18 Å². The van der Waals surface area contributed by atoms with Crippen molar-refractivity contribution in [1.82, 2.24) is 0 Å². The van der Waals surface area contributed by atoms with Gasteiger partial charge in [-0.25, -0.2) is 4.39 Å². The van der Waals surface area contributed by atoms with Crippen molar-refractivity contribution < 1.29 is 13.9 Å². The van der Waals surface area contributed by atoms with Crippen molar-refractivity contribution >= 4 is 23.0 Å². The van der Waals surface area contributed by atoms with Gasteiger partial charge in [0.15, 0.2) is 5.78 Å². The predicted octanol–water partition coefficient (Wildman–Crippen LogP) is 2.08. The molecule has 1 rings (SSSR count). The third-order valence-corrected chi connectivity index (χ3v) is 2.26. The highest BCUT2D eigenvalue weighted by atomic mass is 32.1. The number of methoxy groups -OCH3 is 1. The number of rotatable bonds is 5. The zero-order valence-electron chi connectivity index (χ0n) is 8.83. The molecule has 3 nitrogen and oxygen atoms in total. The van der Waals surface area contributed by atoms with Gasteiger partial charge in [-0.05, 0) is 18.2 Å². The number of nitrogens with two attached hydrogens (primary N) is 1. The van der Waals surface area contributed by atoms with Gasteiger partial charge in [0, 0.05) is 12.8 Å². The van der Waals surface area contributed by atoms with Crippen LogP contribution in [0.4, 0.5) is 4.39 Å². The van der Waals surface area contributed by atoms with Gasteiger partial charge < -0.3 is 10.5 Å². The van der Waals surface area contributed by atoms with E-state index < -0.39 is 5.82 Å². The molecule has 0 amide bonds. The number of hydrogen-bond donors (Lipinski definition) is 1. The van der Waals surface area contributed by atoms with Crippen LogP contribution >= 0.6 is 12.2 Å². The smallest absolute Gasteiger partial charge is 0.167 e. The van der Waals surface area contributed by atoms with Gasteiger partial charge in [0.1, 0.15) is 11.6 Å². The third-order valence-electron chi connectivity index (χ3n) is 2.06. The first-order chi connectivity index (χ1) is 7.54. The molecule has 2 N–H and O–H groups in total. The Morgan fingerprint density at radius 2 is 2.19 bits per heavy atom. The van der Waals surface area contributed by atoms with E-state index in [1.54, 1.807) is 0 Å². The van der Waals surface area contributed by atoms with Crippen LogP contribution in [0.3, 0.4) is 0 Å². The number of halogens is 1. The molecule has 0 atom stereocenters. The molecule has 0 bridgehead atoms. The second-order valence-electron chi connectivity index (χ2n) is 3.23. The number of ketones is 1. The summed E-state index contributed by atoms with van der Waals surface area (Å²) in [5.41, 5.74) is 5.51. The second kappa shape index (κ2) is 5.55. The molecule has 5 heteroatoms. The van der Waals surface area contributed by atoms with Crippen LogP contribution in [0.15, 0.2) is 18.2 Å². The minimum Gasteiger partial charge on any atom is -0.496 e. The molecule has 0 aliphatic rings. The molecule has 16 heavy (non-hydrogen) atoms. The number of carbonyl (C=O) groups excluding carboxylic acids is 1. The van der Waals surface area contributed by atoms with Gasteiger partial charge in [0.25, 0.3) is 0 Å². The maximum Gasteiger partial charge on any atom is 0.167 e. The lowest BCUT2D eigenvalue weighted by Gasteiger charge is -2.07. The number of carbonyl (C=O) groups is 1. The highest BCUT2D eigenvalue weighted by molar-refractivity contribution is 7.80. The molecule has 86 valence electrons. The van der Waals surface area contributed by atoms with Gasteiger partial charge in [0.2, 0.25) is 0 Å². The Balaban J connectivity index is 2.88. The summed E-state index contributed by atoms with van der Waals surface area (Å²) in [4.78, 5) is 12.0. The first-order valence-electron chi connectivity index (χ1n) is 4.69. The molecule has 0 unspecified atom stereocenters. The standard InChI is InChI=1S/C11H12FNO2S/c1-15-10-4-2-7(12)6-8(10)9(14)3-5-11(13)16/h2,4,6H,3,5H2,1H3,(H2,13,16). The Bertz CT molecular complexity index is 420. The molecule has 0 saturated carbocycles. The van der Waals surface area contributed by atoms with E-state index in [0.717, 1.165) is 6.07 Å². The molecule has 0 aliphatic heterocycles. The summed E-state index contributed by atoms with van der Waals surface area (Å²) in [6.45, 7) is 0. The van der Waals surface area contributed by atoms with E-state index in [4.69, 9.17) is 10.5 Å². The van der Waals surface area contributed by atoms with Gasteiger partial charge in [0.05, 0.1) is 17.7 Å². The second-order valence-corrected chi connectivity index (χ2v) is 3.76. The fourth-order valence-electron chi connectivity index (χ4n) is 1.27. The number of hydrogen-bond acceptors (Lipinski definition) is 3. The van der Waals surface area contributed by atoms with E-state index in [0.29, 0.717) is 12.2 Å². The van der Waals surface area contributed by atoms with Gasteiger partial charge in [-0.15, -0.1) is 0 Å². The molecular weight excluding hydrogens is 229 g/mol. The average molecular weight is 241 g/mol. The summed E-state index contributed by atoms with van der Waals surface area (Å²) >= 11 is 4.67. The third kappa shape index (κ3) is 3.27. The van der Waals surface area contributed by atoms with E-state index in [2.05, 4.69) is 12.2 Å². The summed E-state index contributed by atoms with van der Waals surface area (Å²) in [7, 11) is 1.43. The van der Waals surface area contributed by atoms with Gasteiger partial charge in [-0.3, -0.25) is 4.79 Å². The van der Waals surface area contributed by atoms with Gasteiger partial charge in [-0.1, -0.05) is 12.2 Å². The van der Waals surface area contributed by atoms with Gasteiger partial charge in [-0.2, -0.15) is 0 Å². The minimum atomic E-state index is -0.473. The molecule has 1 aromatic rings. The predicted molar refractivity (Wildman–Crippen MR) is 63.3 cm³/mol. The Morgan fingerprint density at radius 3 is 2.75 bits per heavy atom. The topological polar surface area (TPSA) is 52.3 Å². The van der Waals surface area contributed by atoms with Crippen molar-refractivity contribution in [3.63, 3.8) is 0 Å². The first kappa shape index (κ1) is 12.6. The van der Waals surface area contributed by atoms with Crippen molar-refractivity contribution in [2.45, 2.75) is 12.8 Å². The lowest BCUT2D eigenvalue weighted by molar-refractivity contribution is 0.0981. The van der Waals surface area contributed by atoms with Crippen LogP contribution in [0.25, 0.3) is 0 Å². The molecule has 0 aliphatic carbocycles. The van der Waals surface area contributed by atoms with Crippen molar-refractivity contribution in [2.24, 2.45) is 5.73 Å². The zero-order valence-corrected chi connectivity index (χ0v) is 9.64. The van der Waals surface area contributed by atoms with Crippen LogP contribution in [0, 0.1) is 5.82 Å². The number of Topliss-reactive ketones (excluding diaryl/α,β-unsaturated/α-hetero) is 1. The molecule has 1 aromatic carbocycles. The SMILES string of the molecule is COc1ccc(F)cc1C(=O)CCC(N)=S. The maximum atomic E-state index is 13.0. The number of benzene rings is 1. The molecule has 0 heterocycles. The molecule has 0 saturated heterocycles. The monoisotopic (exact) mass is 241 g/mol. The summed E-state index contributed by atoms with van der Waals surface area (Å²) in [5, 5.41) is 0. The largest absolute Gasteiger partial charge is 0.496 e. The molecule has 0 radical (unpaired) electrons. The van der Waals surface area contributed by atoms with Crippen LogP contribution in [0.1, 0.15) is 23.2 Å². The van der Waals surface area contributed by atoms with E-state index >= 15 is 0 Å². The fraction of sp³-hybridized carbons (Fsp3) is 0.273. The Hall–Kier alpha value is -1.49. The van der Waals surface area contributed by atoms with Crippen LogP contribution < -0.4 is 10.5 Å². The lowest BCUT2D eigenvalue weighted by atomic mass is 10.1. The summed E-state index contributed by atoms with van der Waals surface area (Å²) < 4.78 is 18.0. The number of thiocarbonyl (C=S) groups is 1. The van der Waals surface area contributed by atoms with Crippen LogP contribution in [-0.2, 0) is 0 Å². The van der Waals surface area contributed by atoms with Crippen LogP contribution in [0.5, 0.6) is 5.75 Å². The molecule has 0 aromatic heterocycles. The molecule has 0 spiro atoms. The average Bonchev–Trinajstić information content (AvgIpc) is 2.25. The molecule has 0 fully saturated rings. The van der Waals surface area contributed by atoms with Crippen molar-refractivity contribution in [3.8, 4) is 5.75 Å². The Kier molecular flexibility index (Phi) is 4.37. The highest BCUT2D eigenvalue weighted by Crippen LogP contribution is 2.21. The lowest BCUT2D eigenvalue weighted by Crippen LogP contribution is -2.11. The van der Waals surface area contributed by atoms with E-state index in [1.807, 2.05) is 0 Å². The summed E-state index contributed by atoms with van der Waals surface area (Å²) in [6.07, 6.45) is 0.475. The minimum absolute atomic E-state index is 0.162. The Labute approximate surface area is 98.4 Å². The Morgan fingerprint density at radius 1 is 1.50 bits per heavy atom. The highest BCUT2D eigenvalue weighted by Gasteiger charge is 2.13. The van der Waals surface area contributed by atoms with Crippen LogP contribution in [-0.4, -0.2) is 17.9 Å². The molecular formula is C11H12FNO2S. The van der Waals surface area contributed by atoms with Crippen molar-refractivity contribution in [2.75, 3.05) is 7.11 Å². The quantitative estimate of drug-likeness (QED) is 0.633. The normalized spacial score (nSPS) is 9.88. The summed E-state index contributed by atoms with van der Waals surface area (Å²) in [5.74, 6) is -0.349. The fourth-order valence-corrected chi connectivity index (χ4v) is 1.37. The summed E-state index contributed by atoms with van der Waals surface area (Å²) in [6, 6.07) is 3.81. The first-order valence-corrected chi connectivity index (χ1v) is 5.10. The van der Waals surface area contributed by atoms with Crippen molar-refractivity contribution in [1.29, 1.82) is 0 Å².